The molecule has 32 heavy (non-hydrogen) atoms. The third-order valence-corrected chi connectivity index (χ3v) is 11.6. The maximum absolute atomic E-state index is 7.09. The van der Waals surface area contributed by atoms with Crippen molar-refractivity contribution in [2.24, 2.45) is 0 Å². The first-order valence-corrected chi connectivity index (χ1v) is 14.7. The van der Waals surface area contributed by atoms with Crippen LogP contribution in [0.4, 0.5) is 0 Å². The standard InChI is InChI=1S/C28H40O3Si/c1-10-21-22(11-2)27(30-7)25-23(19-15-13-12-14-16-19)17-20(29-6)18-24(25)26(21)31-32(8,9)28(3,4)5/h12-16,18,23H,10-11,17H2,1-9H3/t23-/m0/s1. The highest BCUT2D eigenvalue weighted by atomic mass is 28.4. The molecule has 1 aliphatic rings. The first-order chi connectivity index (χ1) is 15.1. The van der Waals surface area contributed by atoms with Gasteiger partial charge in [-0.15, -0.1) is 0 Å². The quantitative estimate of drug-likeness (QED) is 0.402. The first kappa shape index (κ1) is 24.4. The van der Waals surface area contributed by atoms with Gasteiger partial charge in [0.2, 0.25) is 0 Å². The summed E-state index contributed by atoms with van der Waals surface area (Å²) in [6.07, 6.45) is 4.83. The van der Waals surface area contributed by atoms with E-state index in [4.69, 9.17) is 13.9 Å². The van der Waals surface area contributed by atoms with Crippen LogP contribution in [-0.4, -0.2) is 22.5 Å². The van der Waals surface area contributed by atoms with E-state index in [0.717, 1.165) is 42.1 Å². The highest BCUT2D eigenvalue weighted by molar-refractivity contribution is 6.74. The summed E-state index contributed by atoms with van der Waals surface area (Å²) in [5, 5.41) is 0.110. The molecule has 2 aromatic carbocycles. The molecule has 0 bridgehead atoms. The molecule has 1 aliphatic carbocycles. The number of benzene rings is 2. The van der Waals surface area contributed by atoms with Crippen molar-refractivity contribution < 1.29 is 13.9 Å². The van der Waals surface area contributed by atoms with E-state index in [1.165, 1.54) is 22.3 Å². The Kier molecular flexibility index (Phi) is 7.14. The van der Waals surface area contributed by atoms with Gasteiger partial charge in [-0.1, -0.05) is 65.0 Å². The predicted molar refractivity (Wildman–Crippen MR) is 137 cm³/mol. The van der Waals surface area contributed by atoms with E-state index in [1.54, 1.807) is 14.2 Å². The predicted octanol–water partition coefficient (Wildman–Crippen LogP) is 7.73. The summed E-state index contributed by atoms with van der Waals surface area (Å²) < 4.78 is 19.1. The van der Waals surface area contributed by atoms with Crippen molar-refractivity contribution in [3.05, 3.63) is 63.9 Å². The van der Waals surface area contributed by atoms with E-state index in [-0.39, 0.29) is 11.0 Å². The Labute approximate surface area is 195 Å². The molecule has 0 N–H and O–H groups in total. The summed E-state index contributed by atoms with van der Waals surface area (Å²) in [4.78, 5) is 0. The van der Waals surface area contributed by atoms with Crippen molar-refractivity contribution in [3.63, 3.8) is 0 Å². The molecule has 0 heterocycles. The Morgan fingerprint density at radius 2 is 1.50 bits per heavy atom. The number of methoxy groups -OCH3 is 2. The van der Waals surface area contributed by atoms with Gasteiger partial charge < -0.3 is 13.9 Å². The van der Waals surface area contributed by atoms with Gasteiger partial charge in [0, 0.05) is 29.0 Å². The Bertz CT molecular complexity index is 984. The summed E-state index contributed by atoms with van der Waals surface area (Å²) in [6, 6.07) is 10.7. The van der Waals surface area contributed by atoms with Gasteiger partial charge in [0.15, 0.2) is 0 Å². The molecule has 3 rings (SSSR count). The highest BCUT2D eigenvalue weighted by Gasteiger charge is 2.41. The van der Waals surface area contributed by atoms with Gasteiger partial charge in [0.1, 0.15) is 11.5 Å². The molecular formula is C28H40O3Si. The minimum Gasteiger partial charge on any atom is -0.543 e. The van der Waals surface area contributed by atoms with E-state index in [0.29, 0.717) is 0 Å². The second kappa shape index (κ2) is 9.34. The van der Waals surface area contributed by atoms with Crippen molar-refractivity contribution in [1.29, 1.82) is 0 Å². The molecule has 0 unspecified atom stereocenters. The van der Waals surface area contributed by atoms with Crippen molar-refractivity contribution in [2.45, 2.75) is 77.9 Å². The van der Waals surface area contributed by atoms with Crippen LogP contribution in [-0.2, 0) is 17.6 Å². The maximum atomic E-state index is 7.09. The molecule has 0 saturated carbocycles. The number of fused-ring (bicyclic) bond motifs is 1. The summed E-state index contributed by atoms with van der Waals surface area (Å²) in [5.41, 5.74) is 6.20. The molecule has 2 aromatic rings. The van der Waals surface area contributed by atoms with Gasteiger partial charge in [-0.05, 0) is 48.2 Å². The Balaban J connectivity index is 2.40. The van der Waals surface area contributed by atoms with Gasteiger partial charge in [-0.2, -0.15) is 0 Å². The Hall–Kier alpha value is -2.20. The van der Waals surface area contributed by atoms with Crippen molar-refractivity contribution in [1.82, 2.24) is 0 Å². The fourth-order valence-electron chi connectivity index (χ4n) is 4.47. The molecule has 0 aromatic heterocycles. The van der Waals surface area contributed by atoms with E-state index >= 15 is 0 Å². The minimum absolute atomic E-state index is 0.110. The van der Waals surface area contributed by atoms with Gasteiger partial charge in [0.25, 0.3) is 8.32 Å². The van der Waals surface area contributed by atoms with Gasteiger partial charge in [-0.25, -0.2) is 0 Å². The monoisotopic (exact) mass is 452 g/mol. The number of hydrogen-bond acceptors (Lipinski definition) is 3. The van der Waals surface area contributed by atoms with Crippen LogP contribution in [0.1, 0.15) is 74.8 Å². The summed E-state index contributed by atoms with van der Waals surface area (Å²) in [6.45, 7) is 16.0. The summed E-state index contributed by atoms with van der Waals surface area (Å²) in [7, 11) is 1.51. The zero-order valence-electron chi connectivity index (χ0n) is 21.4. The zero-order valence-corrected chi connectivity index (χ0v) is 22.4. The second-order valence-corrected chi connectivity index (χ2v) is 14.9. The van der Waals surface area contributed by atoms with Crippen LogP contribution in [0.2, 0.25) is 18.1 Å². The van der Waals surface area contributed by atoms with Crippen LogP contribution < -0.4 is 9.16 Å². The van der Waals surface area contributed by atoms with E-state index in [9.17, 15) is 0 Å². The lowest BCUT2D eigenvalue weighted by atomic mass is 9.78. The van der Waals surface area contributed by atoms with Crippen LogP contribution in [0.3, 0.4) is 0 Å². The van der Waals surface area contributed by atoms with Crippen LogP contribution in [0, 0.1) is 0 Å². The third kappa shape index (κ3) is 4.34. The normalized spacial score (nSPS) is 16.3. The minimum atomic E-state index is -2.06. The molecule has 0 amide bonds. The average Bonchev–Trinajstić information content (AvgIpc) is 2.77. The Morgan fingerprint density at radius 1 is 0.906 bits per heavy atom. The van der Waals surface area contributed by atoms with Crippen molar-refractivity contribution in [2.75, 3.05) is 14.2 Å². The van der Waals surface area contributed by atoms with Crippen LogP contribution in [0.15, 0.2) is 36.1 Å². The number of allylic oxidation sites excluding steroid dienone is 1. The number of ether oxygens (including phenoxy) is 2. The molecule has 1 atom stereocenters. The molecule has 174 valence electrons. The number of rotatable bonds is 7. The molecule has 0 aliphatic heterocycles. The molecule has 0 radical (unpaired) electrons. The smallest absolute Gasteiger partial charge is 0.250 e. The fraction of sp³-hybridized carbons (Fsp3) is 0.500. The van der Waals surface area contributed by atoms with Crippen LogP contribution in [0.25, 0.3) is 6.08 Å². The zero-order chi connectivity index (χ0) is 23.7. The lowest BCUT2D eigenvalue weighted by molar-refractivity contribution is 0.274. The molecule has 0 fully saturated rings. The fourth-order valence-corrected chi connectivity index (χ4v) is 5.52. The SMILES string of the molecule is CCc1c(CC)c(OC)c2c(c1O[Si](C)(C)C(C)(C)C)C=C(OC)C[C@H]2c1ccccc1. The second-order valence-electron chi connectivity index (χ2n) is 10.2. The van der Waals surface area contributed by atoms with E-state index in [1.807, 2.05) is 0 Å². The van der Waals surface area contributed by atoms with Crippen LogP contribution >= 0.6 is 0 Å². The molecule has 0 saturated heterocycles. The molecule has 3 nitrogen and oxygen atoms in total. The molecular weight excluding hydrogens is 412 g/mol. The topological polar surface area (TPSA) is 27.7 Å². The van der Waals surface area contributed by atoms with Crippen molar-refractivity contribution >= 4 is 14.4 Å². The Morgan fingerprint density at radius 3 is 2.00 bits per heavy atom. The molecule has 4 heteroatoms. The maximum Gasteiger partial charge on any atom is 0.250 e. The van der Waals surface area contributed by atoms with Gasteiger partial charge >= 0.3 is 0 Å². The van der Waals surface area contributed by atoms with Crippen molar-refractivity contribution in [3.8, 4) is 11.5 Å². The third-order valence-electron chi connectivity index (χ3n) is 7.29. The largest absolute Gasteiger partial charge is 0.543 e. The van der Waals surface area contributed by atoms with E-state index < -0.39 is 8.32 Å². The van der Waals surface area contributed by atoms with Gasteiger partial charge in [-0.3, -0.25) is 0 Å². The highest BCUT2D eigenvalue weighted by Crippen LogP contribution is 2.51. The number of hydrogen-bond donors (Lipinski definition) is 0. The lowest BCUT2D eigenvalue weighted by Crippen LogP contribution is -2.44. The average molecular weight is 453 g/mol. The summed E-state index contributed by atoms with van der Waals surface area (Å²) in [5.74, 6) is 3.21. The van der Waals surface area contributed by atoms with Crippen LogP contribution in [0.5, 0.6) is 11.5 Å². The molecule has 0 spiro atoms. The lowest BCUT2D eigenvalue weighted by Gasteiger charge is -2.39. The van der Waals surface area contributed by atoms with E-state index in [2.05, 4.69) is 84.1 Å². The van der Waals surface area contributed by atoms with Gasteiger partial charge in [0.05, 0.1) is 20.0 Å². The first-order valence-electron chi connectivity index (χ1n) is 11.8. The summed E-state index contributed by atoms with van der Waals surface area (Å²) >= 11 is 0.